The van der Waals surface area contributed by atoms with E-state index in [1.165, 1.54) is 30.4 Å². The number of rotatable bonds is 5. The summed E-state index contributed by atoms with van der Waals surface area (Å²) < 4.78 is 6.41. The number of nitrogens with zero attached hydrogens (tertiary/aromatic N) is 1. The number of anilines is 1. The number of halogens is 1. The Hall–Kier alpha value is -1.68. The van der Waals surface area contributed by atoms with E-state index in [-0.39, 0.29) is 18.1 Å². The molecule has 1 amide bonds. The molecule has 0 aliphatic rings. The summed E-state index contributed by atoms with van der Waals surface area (Å²) in [6.45, 7) is 1.62. The molecule has 1 heterocycles. The van der Waals surface area contributed by atoms with E-state index in [9.17, 15) is 9.59 Å². The molecule has 0 aliphatic carbocycles. The maximum absolute atomic E-state index is 10.9. The Balaban J connectivity index is 2.05. The number of ether oxygens (including phenoxy) is 1. The largest absolute Gasteiger partial charge is 0.486 e. The number of hydrogen-bond donors (Lipinski definition) is 2. The smallest absolute Gasteiger partial charge is 0.335 e. The predicted octanol–water partition coefficient (Wildman–Crippen LogP) is 2.98. The van der Waals surface area contributed by atoms with Gasteiger partial charge in [0, 0.05) is 12.3 Å². The van der Waals surface area contributed by atoms with Crippen LogP contribution in [0.3, 0.4) is 0 Å². The maximum atomic E-state index is 10.9. The molecule has 0 saturated heterocycles. The maximum Gasteiger partial charge on any atom is 0.335 e. The lowest BCUT2D eigenvalue weighted by atomic mass is 10.2. The van der Waals surface area contributed by atoms with Crippen molar-refractivity contribution in [2.24, 2.45) is 0 Å². The number of benzene rings is 1. The zero-order valence-electron chi connectivity index (χ0n) is 10.9. The molecule has 1 aromatic heterocycles. The van der Waals surface area contributed by atoms with Gasteiger partial charge in [0.25, 0.3) is 0 Å². The zero-order valence-corrected chi connectivity index (χ0v) is 13.9. The number of carboxylic acid groups (broad SMARTS) is 1. The third-order valence-electron chi connectivity index (χ3n) is 2.39. The van der Waals surface area contributed by atoms with E-state index < -0.39 is 5.97 Å². The highest BCUT2D eigenvalue weighted by molar-refractivity contribution is 14.1. The second-order valence-electron chi connectivity index (χ2n) is 4.06. The molecule has 0 atom stereocenters. The summed E-state index contributed by atoms with van der Waals surface area (Å²) >= 11 is 3.38. The van der Waals surface area contributed by atoms with Gasteiger partial charge in [0.2, 0.25) is 5.91 Å². The molecule has 2 rings (SSSR count). The van der Waals surface area contributed by atoms with Crippen molar-refractivity contribution in [3.63, 3.8) is 0 Å². The lowest BCUT2D eigenvalue weighted by Gasteiger charge is -2.07. The van der Waals surface area contributed by atoms with Gasteiger partial charge in [-0.05, 0) is 40.8 Å². The number of carbonyl (C=O) groups is 2. The number of aromatic carboxylic acids is 1. The van der Waals surface area contributed by atoms with Crippen LogP contribution in [0.25, 0.3) is 0 Å². The first-order valence-electron chi connectivity index (χ1n) is 5.83. The highest BCUT2D eigenvalue weighted by Crippen LogP contribution is 2.24. The predicted molar refractivity (Wildman–Crippen MR) is 86.9 cm³/mol. The van der Waals surface area contributed by atoms with E-state index in [2.05, 4.69) is 32.9 Å². The minimum absolute atomic E-state index is 0.169. The fourth-order valence-electron chi connectivity index (χ4n) is 1.48. The second-order valence-corrected chi connectivity index (χ2v) is 6.08. The topological polar surface area (TPSA) is 88.5 Å². The molecule has 1 aromatic carbocycles. The van der Waals surface area contributed by atoms with Gasteiger partial charge in [-0.25, -0.2) is 9.78 Å². The lowest BCUT2D eigenvalue weighted by molar-refractivity contribution is -0.114. The average Bonchev–Trinajstić information content (AvgIpc) is 2.84. The van der Waals surface area contributed by atoms with Gasteiger partial charge in [-0.15, -0.1) is 11.3 Å². The molecule has 2 aromatic rings. The van der Waals surface area contributed by atoms with Crippen LogP contribution in [-0.4, -0.2) is 22.0 Å². The van der Waals surface area contributed by atoms with Gasteiger partial charge >= 0.3 is 5.97 Å². The minimum atomic E-state index is -1.00. The Morgan fingerprint density at radius 2 is 2.24 bits per heavy atom. The summed E-state index contributed by atoms with van der Waals surface area (Å²) in [6.07, 6.45) is 0. The van der Waals surface area contributed by atoms with Crippen LogP contribution < -0.4 is 10.1 Å². The van der Waals surface area contributed by atoms with Crippen molar-refractivity contribution < 1.29 is 19.4 Å². The summed E-state index contributed by atoms with van der Waals surface area (Å²) in [7, 11) is 0. The number of carbonyl (C=O) groups excluding carboxylic acids is 1. The van der Waals surface area contributed by atoms with Gasteiger partial charge in [0.1, 0.15) is 12.4 Å². The molecule has 0 aliphatic heterocycles. The molecule has 0 unspecified atom stereocenters. The Morgan fingerprint density at radius 1 is 1.48 bits per heavy atom. The minimum Gasteiger partial charge on any atom is -0.486 e. The van der Waals surface area contributed by atoms with E-state index in [0.29, 0.717) is 16.6 Å². The van der Waals surface area contributed by atoms with Crippen LogP contribution >= 0.6 is 33.9 Å². The fraction of sp³-hybridized carbons (Fsp3) is 0.154. The van der Waals surface area contributed by atoms with Gasteiger partial charge < -0.3 is 15.2 Å². The van der Waals surface area contributed by atoms with Crippen molar-refractivity contribution in [1.82, 2.24) is 4.98 Å². The number of amides is 1. The molecule has 0 fully saturated rings. The van der Waals surface area contributed by atoms with Crippen LogP contribution in [0.4, 0.5) is 5.13 Å². The number of nitrogens with one attached hydrogen (secondary N) is 1. The van der Waals surface area contributed by atoms with Gasteiger partial charge in [-0.1, -0.05) is 0 Å². The first kappa shape index (κ1) is 15.7. The molecule has 0 saturated carbocycles. The van der Waals surface area contributed by atoms with Gasteiger partial charge in [-0.3, -0.25) is 4.79 Å². The van der Waals surface area contributed by atoms with Crippen molar-refractivity contribution >= 4 is 50.9 Å². The Morgan fingerprint density at radius 3 is 2.90 bits per heavy atom. The van der Waals surface area contributed by atoms with Crippen LogP contribution in [-0.2, 0) is 11.4 Å². The molecule has 0 bridgehead atoms. The fourth-order valence-corrected chi connectivity index (χ4v) is 2.71. The van der Waals surface area contributed by atoms with E-state index in [1.54, 1.807) is 11.4 Å². The first-order chi connectivity index (χ1) is 9.95. The number of hydrogen-bond acceptors (Lipinski definition) is 5. The van der Waals surface area contributed by atoms with Crippen molar-refractivity contribution in [3.8, 4) is 5.75 Å². The van der Waals surface area contributed by atoms with E-state index >= 15 is 0 Å². The third-order valence-corrected chi connectivity index (χ3v) is 4.09. The summed E-state index contributed by atoms with van der Waals surface area (Å²) in [4.78, 5) is 26.0. The van der Waals surface area contributed by atoms with Gasteiger partial charge in [-0.2, -0.15) is 0 Å². The van der Waals surface area contributed by atoms with E-state index in [1.807, 2.05) is 0 Å². The molecular formula is C13H11IN2O4S. The number of carboxylic acids is 1. The summed E-state index contributed by atoms with van der Waals surface area (Å²) in [5.41, 5.74) is 0.836. The Kier molecular flexibility index (Phi) is 5.12. The summed E-state index contributed by atoms with van der Waals surface area (Å²) in [6, 6.07) is 4.68. The van der Waals surface area contributed by atoms with Gasteiger partial charge in [0.15, 0.2) is 5.13 Å². The number of aromatic nitrogens is 1. The molecule has 2 N–H and O–H groups in total. The van der Waals surface area contributed by atoms with E-state index in [0.717, 1.165) is 3.57 Å². The van der Waals surface area contributed by atoms with Crippen molar-refractivity contribution in [2.45, 2.75) is 13.5 Å². The molecular weight excluding hydrogens is 407 g/mol. The van der Waals surface area contributed by atoms with E-state index in [4.69, 9.17) is 9.84 Å². The SMILES string of the molecule is CC(=O)Nc1nc(COc2cc(C(=O)O)ccc2I)cs1. The monoisotopic (exact) mass is 418 g/mol. The molecule has 110 valence electrons. The third kappa shape index (κ3) is 4.39. The molecule has 0 radical (unpaired) electrons. The molecule has 6 nitrogen and oxygen atoms in total. The standard InChI is InChI=1S/C13H11IN2O4S/c1-7(17)15-13-16-9(6-21-13)5-20-11-4-8(12(18)19)2-3-10(11)14/h2-4,6H,5H2,1H3,(H,18,19)(H,15,16,17). The van der Waals surface area contributed by atoms with Crippen LogP contribution in [0.15, 0.2) is 23.6 Å². The lowest BCUT2D eigenvalue weighted by Crippen LogP contribution is -2.06. The second kappa shape index (κ2) is 6.85. The summed E-state index contributed by atoms with van der Waals surface area (Å²) in [5, 5.41) is 13.8. The van der Waals surface area contributed by atoms with Crippen LogP contribution in [0.5, 0.6) is 5.75 Å². The van der Waals surface area contributed by atoms with Crippen LogP contribution in [0.2, 0.25) is 0 Å². The molecule has 0 spiro atoms. The first-order valence-corrected chi connectivity index (χ1v) is 7.79. The Bertz CT molecular complexity index is 687. The van der Waals surface area contributed by atoms with Gasteiger partial charge in [0.05, 0.1) is 14.8 Å². The average molecular weight is 418 g/mol. The van der Waals surface area contributed by atoms with Crippen molar-refractivity contribution in [3.05, 3.63) is 38.4 Å². The van der Waals surface area contributed by atoms with Crippen molar-refractivity contribution in [1.29, 1.82) is 0 Å². The number of thiazole rings is 1. The molecule has 21 heavy (non-hydrogen) atoms. The molecule has 8 heteroatoms. The highest BCUT2D eigenvalue weighted by Gasteiger charge is 2.09. The normalized spacial score (nSPS) is 10.2. The van der Waals surface area contributed by atoms with Crippen LogP contribution in [0.1, 0.15) is 23.0 Å². The van der Waals surface area contributed by atoms with Crippen molar-refractivity contribution in [2.75, 3.05) is 5.32 Å². The highest BCUT2D eigenvalue weighted by atomic mass is 127. The Labute approximate surface area is 138 Å². The summed E-state index contributed by atoms with van der Waals surface area (Å²) in [5.74, 6) is -0.692. The quantitative estimate of drug-likeness (QED) is 0.729. The zero-order chi connectivity index (χ0) is 15.4. The van der Waals surface area contributed by atoms with Crippen LogP contribution in [0, 0.1) is 3.57 Å².